The number of fused-ring (bicyclic) bond motifs is 1. The number of methoxy groups -OCH3 is 1. The van der Waals surface area contributed by atoms with Gasteiger partial charge in [0.2, 0.25) is 0 Å². The van der Waals surface area contributed by atoms with Gasteiger partial charge in [0.05, 0.1) is 12.7 Å². The number of carboxylic acid groups (broad SMARTS) is 1. The predicted molar refractivity (Wildman–Crippen MR) is 145 cm³/mol. The van der Waals surface area contributed by atoms with Crippen LogP contribution in [0.3, 0.4) is 0 Å². The number of rotatable bonds is 8. The Morgan fingerprint density at radius 3 is 2.68 bits per heavy atom. The molecule has 0 aliphatic carbocycles. The molecule has 186 valence electrons. The third-order valence-electron chi connectivity index (χ3n) is 5.55. The number of ether oxygens (including phenoxy) is 1. The van der Waals surface area contributed by atoms with Gasteiger partial charge in [0.25, 0.3) is 11.1 Å². The van der Waals surface area contributed by atoms with Crippen molar-refractivity contribution < 1.29 is 19.1 Å². The molecule has 10 heteroatoms. The Labute approximate surface area is 226 Å². The van der Waals surface area contributed by atoms with Crippen molar-refractivity contribution in [2.24, 2.45) is 0 Å². The summed E-state index contributed by atoms with van der Waals surface area (Å²) in [5.74, 6) is -0.437. The van der Waals surface area contributed by atoms with Gasteiger partial charge in [-0.15, -0.1) is 10.2 Å². The monoisotopic (exact) mass is 551 g/mol. The molecule has 3 aromatic carbocycles. The molecule has 0 spiro atoms. The second-order valence-corrected chi connectivity index (χ2v) is 9.86. The average molecular weight is 552 g/mol. The molecule has 0 aliphatic heterocycles. The standard InChI is InChI=1S/C27H19Cl2N3O4S/c1-35-23-10-9-19(29)13-21(23)25-30-31-27(36-25)37-24(26(33)34)12-17-15-32(22-8-3-2-7-20(17)22)14-16-5-4-6-18(28)11-16/h2-13,15H,14H2,1H3,(H,33,34)/b24-12-. The number of halogens is 2. The Morgan fingerprint density at radius 2 is 1.89 bits per heavy atom. The predicted octanol–water partition coefficient (Wildman–Crippen LogP) is 7.27. The first-order chi connectivity index (χ1) is 17.9. The maximum atomic E-state index is 12.2. The summed E-state index contributed by atoms with van der Waals surface area (Å²) in [4.78, 5) is 12.2. The summed E-state index contributed by atoms with van der Waals surface area (Å²) in [5.41, 5.74) is 3.26. The lowest BCUT2D eigenvalue weighted by atomic mass is 10.1. The summed E-state index contributed by atoms with van der Waals surface area (Å²) in [5, 5.41) is 20.1. The number of nitrogens with zero attached hydrogens (tertiary/aromatic N) is 3. The van der Waals surface area contributed by atoms with Crippen LogP contribution in [0.4, 0.5) is 0 Å². The van der Waals surface area contributed by atoms with E-state index in [0.717, 1.165) is 33.8 Å². The number of para-hydroxylation sites is 1. The van der Waals surface area contributed by atoms with Crippen LogP contribution in [0.25, 0.3) is 28.4 Å². The highest BCUT2D eigenvalue weighted by Gasteiger charge is 2.19. The third-order valence-corrected chi connectivity index (χ3v) is 6.88. The molecular formula is C27H19Cl2N3O4S. The van der Waals surface area contributed by atoms with E-state index >= 15 is 0 Å². The summed E-state index contributed by atoms with van der Waals surface area (Å²) < 4.78 is 13.2. The Bertz CT molecular complexity index is 1640. The number of thioether (sulfide) groups is 1. The van der Waals surface area contributed by atoms with Gasteiger partial charge in [-0.2, -0.15) is 0 Å². The van der Waals surface area contributed by atoms with Crippen LogP contribution in [0, 0.1) is 0 Å². The van der Waals surface area contributed by atoms with Crippen molar-refractivity contribution in [2.45, 2.75) is 11.8 Å². The fraction of sp³-hybridized carbons (Fsp3) is 0.0741. The van der Waals surface area contributed by atoms with Crippen molar-refractivity contribution in [2.75, 3.05) is 7.11 Å². The molecule has 0 amide bonds. The topological polar surface area (TPSA) is 90.4 Å². The summed E-state index contributed by atoms with van der Waals surface area (Å²) in [6.07, 6.45) is 3.53. The van der Waals surface area contributed by atoms with Crippen molar-refractivity contribution in [1.29, 1.82) is 0 Å². The number of hydrogen-bond donors (Lipinski definition) is 1. The van der Waals surface area contributed by atoms with E-state index in [1.807, 2.05) is 54.7 Å². The quantitative estimate of drug-likeness (QED) is 0.160. The van der Waals surface area contributed by atoms with Crippen LogP contribution >= 0.6 is 35.0 Å². The van der Waals surface area contributed by atoms with Gasteiger partial charge in [0.15, 0.2) is 0 Å². The molecule has 0 fully saturated rings. The Hall–Kier alpha value is -3.72. The molecule has 0 radical (unpaired) electrons. The minimum atomic E-state index is -1.11. The lowest BCUT2D eigenvalue weighted by molar-refractivity contribution is -0.131. The van der Waals surface area contributed by atoms with Crippen molar-refractivity contribution in [3.8, 4) is 17.2 Å². The number of carbonyl (C=O) groups is 1. The molecule has 2 heterocycles. The summed E-state index contributed by atoms with van der Waals surface area (Å²) in [6.45, 7) is 0.582. The number of benzene rings is 3. The maximum absolute atomic E-state index is 12.2. The molecule has 0 unspecified atom stereocenters. The van der Waals surface area contributed by atoms with Crippen LogP contribution in [0.5, 0.6) is 5.75 Å². The molecule has 7 nitrogen and oxygen atoms in total. The third kappa shape index (κ3) is 5.51. The average Bonchev–Trinajstić information content (AvgIpc) is 3.49. The summed E-state index contributed by atoms with van der Waals surface area (Å²) >= 11 is 13.1. The first kappa shape index (κ1) is 25.0. The molecule has 5 rings (SSSR count). The van der Waals surface area contributed by atoms with Gasteiger partial charge >= 0.3 is 5.97 Å². The van der Waals surface area contributed by atoms with Crippen molar-refractivity contribution in [1.82, 2.24) is 14.8 Å². The molecule has 0 atom stereocenters. The second-order valence-electron chi connectivity index (χ2n) is 7.99. The Kier molecular flexibility index (Phi) is 7.23. The Morgan fingerprint density at radius 1 is 1.08 bits per heavy atom. The van der Waals surface area contributed by atoms with Crippen molar-refractivity contribution >= 4 is 57.9 Å². The van der Waals surface area contributed by atoms with Gasteiger partial charge in [-0.1, -0.05) is 53.5 Å². The van der Waals surface area contributed by atoms with Gasteiger partial charge in [0, 0.05) is 39.3 Å². The number of hydrogen-bond acceptors (Lipinski definition) is 6. The van der Waals surface area contributed by atoms with Crippen molar-refractivity contribution in [3.63, 3.8) is 0 Å². The van der Waals surface area contributed by atoms with Gasteiger partial charge < -0.3 is 18.8 Å². The van der Waals surface area contributed by atoms with Crippen LogP contribution in [-0.4, -0.2) is 33.0 Å². The second kappa shape index (κ2) is 10.7. The molecule has 2 aromatic heterocycles. The van der Waals surface area contributed by atoms with Crippen LogP contribution in [0.1, 0.15) is 11.1 Å². The maximum Gasteiger partial charge on any atom is 0.342 e. The van der Waals surface area contributed by atoms with Crippen LogP contribution in [0.15, 0.2) is 87.5 Å². The first-order valence-electron chi connectivity index (χ1n) is 11.0. The van der Waals surface area contributed by atoms with Crippen LogP contribution in [-0.2, 0) is 11.3 Å². The highest BCUT2D eigenvalue weighted by Crippen LogP contribution is 2.35. The molecule has 1 N–H and O–H groups in total. The Balaban J connectivity index is 1.48. The summed E-state index contributed by atoms with van der Waals surface area (Å²) in [7, 11) is 1.52. The molecule has 0 saturated carbocycles. The smallest absolute Gasteiger partial charge is 0.342 e. The highest BCUT2D eigenvalue weighted by molar-refractivity contribution is 8.03. The van der Waals surface area contributed by atoms with Crippen molar-refractivity contribution in [3.05, 3.63) is 99.0 Å². The van der Waals surface area contributed by atoms with Gasteiger partial charge in [-0.25, -0.2) is 4.79 Å². The van der Waals surface area contributed by atoms with E-state index in [9.17, 15) is 9.90 Å². The molecule has 0 saturated heterocycles. The first-order valence-corrected chi connectivity index (χ1v) is 12.6. The largest absolute Gasteiger partial charge is 0.496 e. The lowest BCUT2D eigenvalue weighted by Gasteiger charge is -2.05. The highest BCUT2D eigenvalue weighted by atomic mass is 35.5. The van der Waals surface area contributed by atoms with Crippen LogP contribution in [0.2, 0.25) is 10.0 Å². The fourth-order valence-electron chi connectivity index (χ4n) is 3.93. The lowest BCUT2D eigenvalue weighted by Crippen LogP contribution is -1.98. The molecule has 5 aromatic rings. The minimum Gasteiger partial charge on any atom is -0.496 e. The molecule has 37 heavy (non-hydrogen) atoms. The van der Waals surface area contributed by atoms with E-state index < -0.39 is 5.97 Å². The summed E-state index contributed by atoms with van der Waals surface area (Å²) in [6, 6.07) is 20.5. The van der Waals surface area contributed by atoms with Gasteiger partial charge in [-0.05, 0) is 59.8 Å². The van der Waals surface area contributed by atoms with Gasteiger partial charge in [0.1, 0.15) is 10.7 Å². The van der Waals surface area contributed by atoms with E-state index in [2.05, 4.69) is 14.8 Å². The number of aliphatic carboxylic acids is 1. The fourth-order valence-corrected chi connectivity index (χ4v) is 4.98. The molecule has 0 bridgehead atoms. The van der Waals surface area contributed by atoms with E-state index in [0.29, 0.717) is 27.9 Å². The van der Waals surface area contributed by atoms with E-state index in [4.69, 9.17) is 32.4 Å². The number of carboxylic acids is 1. The van der Waals surface area contributed by atoms with E-state index in [1.54, 1.807) is 24.3 Å². The zero-order valence-electron chi connectivity index (χ0n) is 19.4. The zero-order valence-corrected chi connectivity index (χ0v) is 21.7. The molecule has 0 aliphatic rings. The SMILES string of the molecule is COc1ccc(Cl)cc1-c1nnc(S/C(=C\c2cn(Cc3cccc(Cl)c3)c3ccccc23)C(=O)O)o1. The number of aromatic nitrogens is 3. The molecular weight excluding hydrogens is 533 g/mol. The van der Waals surface area contributed by atoms with Crippen LogP contribution < -0.4 is 4.74 Å². The normalized spacial score (nSPS) is 11.7. The van der Waals surface area contributed by atoms with E-state index in [1.165, 1.54) is 7.11 Å². The zero-order chi connectivity index (χ0) is 25.9. The minimum absolute atomic E-state index is 0.0268. The van der Waals surface area contributed by atoms with Gasteiger partial charge in [-0.3, -0.25) is 0 Å². The van der Waals surface area contributed by atoms with E-state index in [-0.39, 0.29) is 16.0 Å².